The second-order valence-corrected chi connectivity index (χ2v) is 20.8. The van der Waals surface area contributed by atoms with Gasteiger partial charge in [-0.1, -0.05) is 63.4 Å². The third-order valence-corrected chi connectivity index (χ3v) is 18.2. The van der Waals surface area contributed by atoms with E-state index in [-0.39, 0.29) is 35.4 Å². The van der Waals surface area contributed by atoms with Gasteiger partial charge in [0.2, 0.25) is 0 Å². The number of ether oxygens (including phenoxy) is 1. The SMILES string of the molecule is CCc1c[nH]c([C@@H]2CCC[C@@H]([C@@]3(C)O[C@@]45C[C@@H]6CC[C@@H](CO)[C@](N)([C@@H]4C#CC4(CCCCC4)c4cc(O)ccc4C[C@@H]4C[C@H]5CC5(CCCC5)C4)[C@@H]63)C2)c1. The molecule has 5 N–H and O–H groups in total. The molecule has 8 fully saturated rings. The van der Waals surface area contributed by atoms with Gasteiger partial charge in [-0.25, -0.2) is 0 Å². The number of phenols is 1. The van der Waals surface area contributed by atoms with Gasteiger partial charge in [-0.05, 0) is 173 Å². The number of H-pyrrole nitrogens is 1. The number of hydrogen-bond acceptors (Lipinski definition) is 4. The molecule has 2 aliphatic heterocycles. The summed E-state index contributed by atoms with van der Waals surface area (Å²) in [6, 6.07) is 8.75. The molecule has 3 spiro atoms. The highest BCUT2D eigenvalue weighted by Crippen LogP contribution is 2.71. The number of aromatic hydroxyl groups is 1. The molecule has 6 bridgehead atoms. The van der Waals surface area contributed by atoms with Gasteiger partial charge in [0.25, 0.3) is 0 Å². The van der Waals surface area contributed by atoms with Gasteiger partial charge >= 0.3 is 0 Å². The predicted molar refractivity (Wildman–Crippen MR) is 215 cm³/mol. The Hall–Kier alpha value is -2.26. The Labute approximate surface area is 325 Å². The largest absolute Gasteiger partial charge is 0.508 e. The van der Waals surface area contributed by atoms with Crippen LogP contribution in [0.5, 0.6) is 5.75 Å². The number of aromatic amines is 1. The van der Waals surface area contributed by atoms with Crippen molar-refractivity contribution < 1.29 is 14.9 Å². The first kappa shape index (κ1) is 36.1. The molecule has 0 radical (unpaired) electrons. The second kappa shape index (κ2) is 13.1. The number of nitrogens with two attached hydrogens (primary N) is 1. The predicted octanol–water partition coefficient (Wildman–Crippen LogP) is 9.87. The number of fused-ring (bicyclic) bond motifs is 5. The number of aliphatic hydroxyl groups is 1. The number of nitrogens with one attached hydrogen (secondary N) is 1. The van der Waals surface area contributed by atoms with Gasteiger partial charge in [-0.15, -0.1) is 0 Å². The van der Waals surface area contributed by atoms with Crippen LogP contribution in [-0.4, -0.2) is 38.5 Å². The van der Waals surface area contributed by atoms with Gasteiger partial charge in [0.05, 0.1) is 22.5 Å². The quantitative estimate of drug-likeness (QED) is 0.236. The van der Waals surface area contributed by atoms with E-state index < -0.39 is 11.1 Å². The van der Waals surface area contributed by atoms with E-state index in [4.69, 9.17) is 10.5 Å². The van der Waals surface area contributed by atoms with Crippen molar-refractivity contribution >= 4 is 0 Å². The highest BCUT2D eigenvalue weighted by Gasteiger charge is 2.76. The summed E-state index contributed by atoms with van der Waals surface area (Å²) in [5.41, 5.74) is 12.6. The van der Waals surface area contributed by atoms with Crippen molar-refractivity contribution in [3.05, 3.63) is 52.8 Å². The molecule has 292 valence electrons. The summed E-state index contributed by atoms with van der Waals surface area (Å²) in [6.07, 6.45) is 27.2. The number of aromatic nitrogens is 1. The smallest absolute Gasteiger partial charge is 0.115 e. The van der Waals surface area contributed by atoms with E-state index in [0.29, 0.717) is 40.8 Å². The summed E-state index contributed by atoms with van der Waals surface area (Å²) >= 11 is 0. The molecular formula is C49H68N2O3. The molecule has 11 rings (SSSR count). The summed E-state index contributed by atoms with van der Waals surface area (Å²) in [6.45, 7) is 4.91. The number of aliphatic hydroxyl groups excluding tert-OH is 1. The number of phenolic OH excluding ortho intramolecular Hbond substituents is 1. The van der Waals surface area contributed by atoms with Crippen LogP contribution in [0.1, 0.15) is 164 Å². The maximum Gasteiger partial charge on any atom is 0.115 e. The monoisotopic (exact) mass is 733 g/mol. The van der Waals surface area contributed by atoms with Gasteiger partial charge in [0, 0.05) is 35.9 Å². The van der Waals surface area contributed by atoms with Gasteiger partial charge < -0.3 is 25.7 Å². The maximum absolute atomic E-state index is 11.4. The molecule has 9 aliphatic rings. The van der Waals surface area contributed by atoms with E-state index in [9.17, 15) is 10.2 Å². The van der Waals surface area contributed by atoms with Crippen LogP contribution in [0.4, 0.5) is 0 Å². The van der Waals surface area contributed by atoms with Crippen LogP contribution < -0.4 is 5.73 Å². The highest BCUT2D eigenvalue weighted by atomic mass is 16.5. The topological polar surface area (TPSA) is 91.5 Å². The second-order valence-electron chi connectivity index (χ2n) is 20.8. The third-order valence-electron chi connectivity index (χ3n) is 18.2. The van der Waals surface area contributed by atoms with Crippen LogP contribution in [0.15, 0.2) is 30.5 Å². The van der Waals surface area contributed by atoms with E-state index >= 15 is 0 Å². The van der Waals surface area contributed by atoms with Crippen molar-refractivity contribution in [2.24, 2.45) is 52.6 Å². The normalized spacial score (nSPS) is 43.1. The standard InChI is InChI=1S/C49H68N2O3/c1-3-32-24-42(51-30-32)35-10-9-11-37(25-35)45(2)44-36-12-14-38(31-52)49(44,50)43-16-21-47(19-5-4-6-20-47)41-26-40(53)15-13-34(41)22-33-23-39(48(43,28-36)54-45)29-46(27-33)17-7-8-18-46/h13,15,24,26,30,33,35-39,43-44,51-53H,3-12,14,17-20,22-23,25,27-29,31,50H2,1-2H3/t33-,35-,36+,37-,38+,39+,43-,44+,45-,48-,49+/m1/s1. The number of hydrogen-bond donors (Lipinski definition) is 4. The summed E-state index contributed by atoms with van der Waals surface area (Å²) in [5.74, 6) is 11.3. The van der Waals surface area contributed by atoms with Crippen LogP contribution in [-0.2, 0) is 23.0 Å². The Morgan fingerprint density at radius 1 is 0.907 bits per heavy atom. The van der Waals surface area contributed by atoms with Crippen molar-refractivity contribution in [1.29, 1.82) is 0 Å². The lowest BCUT2D eigenvalue weighted by molar-refractivity contribution is -0.362. The molecule has 2 aromatic rings. The fourth-order valence-corrected chi connectivity index (χ4v) is 16.0. The summed E-state index contributed by atoms with van der Waals surface area (Å²) in [7, 11) is 0. The molecule has 3 heterocycles. The van der Waals surface area contributed by atoms with E-state index in [2.05, 4.69) is 55.1 Å². The minimum Gasteiger partial charge on any atom is -0.508 e. The highest BCUT2D eigenvalue weighted by molar-refractivity contribution is 5.47. The molecule has 2 saturated heterocycles. The van der Waals surface area contributed by atoms with Crippen LogP contribution in [0, 0.1) is 58.7 Å². The molecule has 11 atom stereocenters. The van der Waals surface area contributed by atoms with Crippen molar-refractivity contribution in [2.45, 2.75) is 177 Å². The summed E-state index contributed by atoms with van der Waals surface area (Å²) in [4.78, 5) is 3.70. The van der Waals surface area contributed by atoms with Gasteiger partial charge in [-0.3, -0.25) is 0 Å². The third kappa shape index (κ3) is 5.34. The van der Waals surface area contributed by atoms with Gasteiger partial charge in [0.15, 0.2) is 0 Å². The number of rotatable bonds is 4. The van der Waals surface area contributed by atoms with Gasteiger partial charge in [-0.2, -0.15) is 0 Å². The average Bonchev–Trinajstić information content (AvgIpc) is 3.85. The van der Waals surface area contributed by atoms with E-state index in [1.54, 1.807) is 0 Å². The minimum absolute atomic E-state index is 0.0273. The zero-order chi connectivity index (χ0) is 36.9. The van der Waals surface area contributed by atoms with Gasteiger partial charge in [0.1, 0.15) is 5.75 Å². The first-order valence-corrected chi connectivity index (χ1v) is 22.8. The van der Waals surface area contributed by atoms with Crippen LogP contribution in [0.25, 0.3) is 0 Å². The zero-order valence-corrected chi connectivity index (χ0v) is 33.4. The zero-order valence-electron chi connectivity index (χ0n) is 33.4. The van der Waals surface area contributed by atoms with Crippen LogP contribution in [0.3, 0.4) is 0 Å². The molecule has 6 saturated carbocycles. The Kier molecular flexibility index (Phi) is 8.79. The van der Waals surface area contributed by atoms with Crippen molar-refractivity contribution in [3.8, 4) is 17.6 Å². The molecule has 5 heteroatoms. The molecule has 5 nitrogen and oxygen atoms in total. The fraction of sp³-hybridized carbons (Fsp3) is 0.755. The Bertz CT molecular complexity index is 1790. The molecule has 1 aromatic heterocycles. The van der Waals surface area contributed by atoms with Crippen molar-refractivity contribution in [3.63, 3.8) is 0 Å². The van der Waals surface area contributed by atoms with Crippen molar-refractivity contribution in [1.82, 2.24) is 4.98 Å². The average molecular weight is 733 g/mol. The summed E-state index contributed by atoms with van der Waals surface area (Å²) in [5, 5.41) is 22.5. The summed E-state index contributed by atoms with van der Waals surface area (Å²) < 4.78 is 8.33. The lowest BCUT2D eigenvalue weighted by Gasteiger charge is -2.75. The molecule has 1 aromatic carbocycles. The Morgan fingerprint density at radius 3 is 2.50 bits per heavy atom. The molecule has 54 heavy (non-hydrogen) atoms. The van der Waals surface area contributed by atoms with E-state index in [0.717, 1.165) is 51.4 Å². The van der Waals surface area contributed by atoms with Crippen LogP contribution in [0.2, 0.25) is 0 Å². The minimum atomic E-state index is -0.605. The maximum atomic E-state index is 11.4. The molecular weight excluding hydrogens is 665 g/mol. The first-order valence-electron chi connectivity index (χ1n) is 22.8. The first-order chi connectivity index (χ1) is 26.1. The lowest BCUT2D eigenvalue weighted by Crippen LogP contribution is -2.84. The fourth-order valence-electron chi connectivity index (χ4n) is 16.0. The molecule has 7 aliphatic carbocycles. The van der Waals surface area contributed by atoms with Crippen molar-refractivity contribution in [2.75, 3.05) is 6.61 Å². The Balaban J connectivity index is 1.16. The molecule has 0 unspecified atom stereocenters. The number of aryl methyl sites for hydroxylation is 1. The molecule has 0 amide bonds. The lowest BCUT2D eigenvalue weighted by atomic mass is 9.38. The van der Waals surface area contributed by atoms with E-state index in [1.807, 2.05) is 6.07 Å². The van der Waals surface area contributed by atoms with Crippen LogP contribution >= 0.6 is 0 Å². The number of benzene rings is 1. The Morgan fingerprint density at radius 2 is 1.72 bits per heavy atom. The van der Waals surface area contributed by atoms with E-state index in [1.165, 1.54) is 106 Å².